The third-order valence-corrected chi connectivity index (χ3v) is 5.56. The number of hydrogen-bond donors (Lipinski definition) is 1. The summed E-state index contributed by atoms with van der Waals surface area (Å²) in [5, 5.41) is 3.21. The van der Waals surface area contributed by atoms with Crippen LogP contribution in [0.5, 0.6) is 0 Å². The van der Waals surface area contributed by atoms with Gasteiger partial charge >= 0.3 is 0 Å². The molecule has 2 aliphatic rings. The summed E-state index contributed by atoms with van der Waals surface area (Å²) in [6.07, 6.45) is 8.54. The van der Waals surface area contributed by atoms with E-state index in [1.807, 2.05) is 19.3 Å². The summed E-state index contributed by atoms with van der Waals surface area (Å²) in [5.74, 6) is 1.97. The summed E-state index contributed by atoms with van der Waals surface area (Å²) in [6.45, 7) is 4.02. The van der Waals surface area contributed by atoms with Crippen molar-refractivity contribution >= 4 is 5.82 Å². The van der Waals surface area contributed by atoms with E-state index in [4.69, 9.17) is 9.97 Å². The van der Waals surface area contributed by atoms with E-state index in [1.54, 1.807) is 0 Å². The zero-order valence-electron chi connectivity index (χ0n) is 15.8. The number of piperidine rings is 1. The highest BCUT2D eigenvalue weighted by Gasteiger charge is 2.28. The first-order chi connectivity index (χ1) is 12.7. The fourth-order valence-electron chi connectivity index (χ4n) is 4.12. The third-order valence-electron chi connectivity index (χ3n) is 5.56. The summed E-state index contributed by atoms with van der Waals surface area (Å²) in [7, 11) is 4.09. The van der Waals surface area contributed by atoms with Crippen LogP contribution in [0.1, 0.15) is 47.9 Å². The van der Waals surface area contributed by atoms with Gasteiger partial charge in [-0.3, -0.25) is 4.90 Å². The average Bonchev–Trinajstić information content (AvgIpc) is 2.68. The topological polar surface area (TPSA) is 57.2 Å². The monoisotopic (exact) mass is 352 g/mol. The lowest BCUT2D eigenvalue weighted by molar-refractivity contribution is 0.133. The van der Waals surface area contributed by atoms with E-state index >= 15 is 0 Å². The molecule has 0 radical (unpaired) electrons. The van der Waals surface area contributed by atoms with Crippen molar-refractivity contribution in [3.05, 3.63) is 47.2 Å². The molecule has 1 saturated heterocycles. The fraction of sp³-hybridized carbons (Fsp3) is 0.550. The lowest BCUT2D eigenvalue weighted by Gasteiger charge is -2.35. The van der Waals surface area contributed by atoms with Crippen LogP contribution in [0.25, 0.3) is 0 Å². The quantitative estimate of drug-likeness (QED) is 0.913. The normalized spacial score (nSPS) is 21.4. The van der Waals surface area contributed by atoms with Crippen molar-refractivity contribution in [1.82, 2.24) is 24.8 Å². The van der Waals surface area contributed by atoms with E-state index in [2.05, 4.69) is 39.4 Å². The van der Waals surface area contributed by atoms with Crippen molar-refractivity contribution in [3.63, 3.8) is 0 Å². The molecule has 4 heterocycles. The van der Waals surface area contributed by atoms with Crippen LogP contribution in [0.3, 0.4) is 0 Å². The minimum atomic E-state index is 0.304. The highest BCUT2D eigenvalue weighted by atomic mass is 15.2. The Morgan fingerprint density at radius 2 is 2.15 bits per heavy atom. The smallest absolute Gasteiger partial charge is 0.145 e. The fourth-order valence-corrected chi connectivity index (χ4v) is 4.12. The van der Waals surface area contributed by atoms with Gasteiger partial charge in [-0.2, -0.15) is 0 Å². The molecule has 2 aliphatic heterocycles. The number of fused-ring (bicyclic) bond motifs is 1. The van der Waals surface area contributed by atoms with Gasteiger partial charge in [-0.15, -0.1) is 0 Å². The van der Waals surface area contributed by atoms with E-state index in [0.29, 0.717) is 6.04 Å². The lowest BCUT2D eigenvalue weighted by atomic mass is 9.99. The molecule has 4 rings (SSSR count). The second kappa shape index (κ2) is 7.68. The summed E-state index contributed by atoms with van der Waals surface area (Å²) in [6, 6.07) is 4.48. The zero-order valence-corrected chi connectivity index (χ0v) is 15.8. The van der Waals surface area contributed by atoms with Crippen LogP contribution >= 0.6 is 0 Å². The van der Waals surface area contributed by atoms with E-state index in [1.165, 1.54) is 29.7 Å². The van der Waals surface area contributed by atoms with E-state index in [9.17, 15) is 0 Å². The Labute approximate surface area is 155 Å². The first kappa shape index (κ1) is 17.4. The highest BCUT2D eigenvalue weighted by molar-refractivity contribution is 5.42. The minimum absolute atomic E-state index is 0.304. The number of anilines is 1. The summed E-state index contributed by atoms with van der Waals surface area (Å²) in [5.41, 5.74) is 3.77. The van der Waals surface area contributed by atoms with Gasteiger partial charge in [0.05, 0.1) is 6.04 Å². The van der Waals surface area contributed by atoms with Crippen LogP contribution in [0.15, 0.2) is 24.5 Å². The molecule has 0 aliphatic carbocycles. The van der Waals surface area contributed by atoms with Crippen LogP contribution < -0.4 is 5.32 Å². The number of hydrogen-bond acceptors (Lipinski definition) is 6. The number of likely N-dealkylation sites (tertiary alicyclic amines) is 1. The maximum absolute atomic E-state index is 5.00. The molecule has 0 aromatic carbocycles. The van der Waals surface area contributed by atoms with Crippen LogP contribution in [0.4, 0.5) is 5.82 Å². The highest BCUT2D eigenvalue weighted by Crippen LogP contribution is 2.32. The number of likely N-dealkylation sites (N-methyl/N-ethyl adjacent to an activating group) is 1. The maximum atomic E-state index is 5.00. The molecule has 138 valence electrons. The molecule has 2 aromatic rings. The van der Waals surface area contributed by atoms with Gasteiger partial charge < -0.3 is 10.2 Å². The molecule has 6 heteroatoms. The molecular weight excluding hydrogens is 324 g/mol. The average molecular weight is 352 g/mol. The van der Waals surface area contributed by atoms with Crippen LogP contribution in [0.2, 0.25) is 0 Å². The van der Waals surface area contributed by atoms with Gasteiger partial charge in [-0.05, 0) is 32.5 Å². The van der Waals surface area contributed by atoms with Crippen LogP contribution in [-0.4, -0.2) is 51.9 Å². The van der Waals surface area contributed by atoms with Gasteiger partial charge in [0.2, 0.25) is 0 Å². The van der Waals surface area contributed by atoms with E-state index < -0.39 is 0 Å². The van der Waals surface area contributed by atoms with Gasteiger partial charge in [0.15, 0.2) is 0 Å². The minimum Gasteiger partial charge on any atom is -0.373 e. The molecule has 2 aromatic heterocycles. The molecule has 1 atom stereocenters. The van der Waals surface area contributed by atoms with Gasteiger partial charge in [-0.1, -0.05) is 12.5 Å². The van der Waals surface area contributed by atoms with Crippen molar-refractivity contribution in [2.24, 2.45) is 0 Å². The Bertz CT molecular complexity index is 762. The first-order valence-electron chi connectivity index (χ1n) is 9.63. The molecule has 26 heavy (non-hydrogen) atoms. The largest absolute Gasteiger partial charge is 0.373 e. The van der Waals surface area contributed by atoms with Crippen LogP contribution in [0, 0.1) is 0 Å². The first-order valence-corrected chi connectivity index (χ1v) is 9.63. The van der Waals surface area contributed by atoms with Crippen molar-refractivity contribution in [2.75, 3.05) is 32.5 Å². The molecular formula is C20H28N6. The van der Waals surface area contributed by atoms with Crippen molar-refractivity contribution in [3.8, 4) is 0 Å². The van der Waals surface area contributed by atoms with Gasteiger partial charge in [0.1, 0.15) is 11.6 Å². The standard InChI is InChI=1S/C20H28N6/c1-21-19-15(6-5-9-22-19)14-26-10-4-3-7-18(26)20-23-12-16-13-25(2)11-8-17(16)24-20/h5-6,9,12,18H,3-4,7-8,10-11,13-14H2,1-2H3,(H,21,22). The molecule has 0 spiro atoms. The molecule has 0 amide bonds. The van der Waals surface area contributed by atoms with E-state index in [-0.39, 0.29) is 0 Å². The number of nitrogens with zero attached hydrogens (tertiary/aromatic N) is 5. The molecule has 1 fully saturated rings. The Balaban J connectivity index is 1.58. The Morgan fingerprint density at radius 1 is 1.23 bits per heavy atom. The van der Waals surface area contributed by atoms with E-state index in [0.717, 1.165) is 50.7 Å². The lowest BCUT2D eigenvalue weighted by Crippen LogP contribution is -2.35. The Hall–Kier alpha value is -2.05. The van der Waals surface area contributed by atoms with Gasteiger partial charge in [0.25, 0.3) is 0 Å². The van der Waals surface area contributed by atoms with Gasteiger partial charge in [-0.25, -0.2) is 15.0 Å². The molecule has 1 N–H and O–H groups in total. The third kappa shape index (κ3) is 3.57. The second-order valence-corrected chi connectivity index (χ2v) is 7.43. The zero-order chi connectivity index (χ0) is 17.9. The summed E-state index contributed by atoms with van der Waals surface area (Å²) in [4.78, 5) is 19.1. The number of pyridine rings is 1. The molecule has 0 bridgehead atoms. The Morgan fingerprint density at radius 3 is 3.04 bits per heavy atom. The Kier molecular flexibility index (Phi) is 5.13. The number of aromatic nitrogens is 3. The maximum Gasteiger partial charge on any atom is 0.145 e. The summed E-state index contributed by atoms with van der Waals surface area (Å²) < 4.78 is 0. The predicted octanol–water partition coefficient (Wildman–Crippen LogP) is 2.63. The molecule has 6 nitrogen and oxygen atoms in total. The predicted molar refractivity (Wildman–Crippen MR) is 103 cm³/mol. The number of rotatable bonds is 4. The summed E-state index contributed by atoms with van der Waals surface area (Å²) >= 11 is 0. The van der Waals surface area contributed by atoms with Crippen molar-refractivity contribution < 1.29 is 0 Å². The van der Waals surface area contributed by atoms with Crippen molar-refractivity contribution in [1.29, 1.82) is 0 Å². The second-order valence-electron chi connectivity index (χ2n) is 7.43. The van der Waals surface area contributed by atoms with Crippen LogP contribution in [-0.2, 0) is 19.5 Å². The number of nitrogens with one attached hydrogen (secondary N) is 1. The molecule has 1 unspecified atom stereocenters. The molecule has 0 saturated carbocycles. The SMILES string of the molecule is CNc1ncccc1CN1CCCCC1c1ncc2c(n1)CCN(C)C2. The van der Waals surface area contributed by atoms with Crippen molar-refractivity contribution in [2.45, 2.75) is 44.8 Å². The van der Waals surface area contributed by atoms with Gasteiger partial charge in [0, 0.05) is 62.3 Å².